The lowest BCUT2D eigenvalue weighted by atomic mass is 9.77. The molecule has 0 unspecified atom stereocenters. The van der Waals surface area contributed by atoms with E-state index in [1.165, 1.54) is 44.6 Å². The molecule has 1 saturated carbocycles. The van der Waals surface area contributed by atoms with Crippen LogP contribution in [0.2, 0.25) is 0 Å². The summed E-state index contributed by atoms with van der Waals surface area (Å²) in [5.74, 6) is -0.203. The van der Waals surface area contributed by atoms with Gasteiger partial charge in [-0.2, -0.15) is 0 Å². The fourth-order valence-corrected chi connectivity index (χ4v) is 4.03. The monoisotopic (exact) mass is 277 g/mol. The van der Waals surface area contributed by atoms with Crippen LogP contribution in [-0.2, 0) is 0 Å². The van der Waals surface area contributed by atoms with Crippen LogP contribution in [0.25, 0.3) is 0 Å². The molecule has 0 radical (unpaired) electrons. The second-order valence-corrected chi connectivity index (χ2v) is 6.55. The molecule has 0 bridgehead atoms. The molecule has 1 saturated heterocycles. The summed E-state index contributed by atoms with van der Waals surface area (Å²) in [7, 11) is 0. The van der Waals surface area contributed by atoms with E-state index in [1.807, 2.05) is 6.07 Å². The standard InChI is InChI=1S/C17H24FNO/c1-13(20)14-5-4-6-15(18)16(14)19-11-9-17(10-12-19)7-2-3-8-17/h4-6,13,20H,2-3,7-12H2,1H3/t13-/m0/s1. The van der Waals surface area contributed by atoms with Crippen molar-refractivity contribution < 1.29 is 9.50 Å². The fraction of sp³-hybridized carbons (Fsp3) is 0.647. The van der Waals surface area contributed by atoms with Gasteiger partial charge in [0.2, 0.25) is 0 Å². The molecule has 2 aliphatic rings. The number of halogens is 1. The topological polar surface area (TPSA) is 23.5 Å². The number of hydrogen-bond acceptors (Lipinski definition) is 2. The van der Waals surface area contributed by atoms with Crippen molar-refractivity contribution in [3.8, 4) is 0 Å². The molecule has 20 heavy (non-hydrogen) atoms. The predicted octanol–water partition coefficient (Wildman–Crippen LogP) is 4.04. The van der Waals surface area contributed by atoms with Crippen molar-refractivity contribution >= 4 is 5.69 Å². The average molecular weight is 277 g/mol. The minimum Gasteiger partial charge on any atom is -0.389 e. The largest absolute Gasteiger partial charge is 0.389 e. The van der Waals surface area contributed by atoms with Crippen molar-refractivity contribution in [3.63, 3.8) is 0 Å². The lowest BCUT2D eigenvalue weighted by Crippen LogP contribution is -2.39. The zero-order valence-electron chi connectivity index (χ0n) is 12.2. The van der Waals surface area contributed by atoms with Crippen LogP contribution >= 0.6 is 0 Å². The highest BCUT2D eigenvalue weighted by Crippen LogP contribution is 2.47. The lowest BCUT2D eigenvalue weighted by molar-refractivity contribution is 0.197. The molecule has 2 fully saturated rings. The zero-order chi connectivity index (χ0) is 14.2. The van der Waals surface area contributed by atoms with Crippen molar-refractivity contribution in [2.45, 2.75) is 51.6 Å². The molecular weight excluding hydrogens is 253 g/mol. The molecule has 2 nitrogen and oxygen atoms in total. The number of benzene rings is 1. The predicted molar refractivity (Wildman–Crippen MR) is 79.4 cm³/mol. The van der Waals surface area contributed by atoms with Gasteiger partial charge in [0.25, 0.3) is 0 Å². The number of rotatable bonds is 2. The van der Waals surface area contributed by atoms with Crippen molar-refractivity contribution in [2.75, 3.05) is 18.0 Å². The summed E-state index contributed by atoms with van der Waals surface area (Å²) in [6, 6.07) is 5.02. The Bertz CT molecular complexity index is 470. The van der Waals surface area contributed by atoms with E-state index in [2.05, 4.69) is 4.90 Å². The van der Waals surface area contributed by atoms with Gasteiger partial charge in [0.1, 0.15) is 5.82 Å². The third-order valence-corrected chi connectivity index (χ3v) is 5.27. The van der Waals surface area contributed by atoms with Gasteiger partial charge in [0, 0.05) is 18.7 Å². The number of hydrogen-bond donors (Lipinski definition) is 1. The van der Waals surface area contributed by atoms with Gasteiger partial charge in [-0.25, -0.2) is 4.39 Å². The van der Waals surface area contributed by atoms with Gasteiger partial charge in [0.15, 0.2) is 0 Å². The summed E-state index contributed by atoms with van der Waals surface area (Å²) in [4.78, 5) is 2.14. The van der Waals surface area contributed by atoms with Crippen LogP contribution in [0.5, 0.6) is 0 Å². The maximum absolute atomic E-state index is 14.2. The fourth-order valence-electron chi connectivity index (χ4n) is 4.03. The van der Waals surface area contributed by atoms with Gasteiger partial charge < -0.3 is 10.0 Å². The third kappa shape index (κ3) is 2.44. The van der Waals surface area contributed by atoms with Crippen molar-refractivity contribution in [2.24, 2.45) is 5.41 Å². The first-order valence-corrected chi connectivity index (χ1v) is 7.83. The third-order valence-electron chi connectivity index (χ3n) is 5.27. The Hall–Kier alpha value is -1.09. The van der Waals surface area contributed by atoms with Crippen LogP contribution in [-0.4, -0.2) is 18.2 Å². The van der Waals surface area contributed by atoms with Crippen molar-refractivity contribution in [1.82, 2.24) is 0 Å². The first-order chi connectivity index (χ1) is 9.61. The molecule has 1 spiro atoms. The highest BCUT2D eigenvalue weighted by molar-refractivity contribution is 5.56. The first-order valence-electron chi connectivity index (χ1n) is 7.83. The molecule has 110 valence electrons. The summed E-state index contributed by atoms with van der Waals surface area (Å²) in [5.41, 5.74) is 1.87. The van der Waals surface area contributed by atoms with E-state index in [0.29, 0.717) is 16.7 Å². The molecular formula is C17H24FNO. The van der Waals surface area contributed by atoms with Crippen molar-refractivity contribution in [1.29, 1.82) is 0 Å². The molecule has 1 aromatic carbocycles. The molecule has 3 rings (SSSR count). The highest BCUT2D eigenvalue weighted by atomic mass is 19.1. The van der Waals surface area contributed by atoms with Crippen LogP contribution < -0.4 is 4.90 Å². The Labute approximate surface area is 120 Å². The summed E-state index contributed by atoms with van der Waals surface area (Å²) >= 11 is 0. The van der Waals surface area contributed by atoms with E-state index < -0.39 is 6.10 Å². The number of aliphatic hydroxyl groups excluding tert-OH is 1. The van der Waals surface area contributed by atoms with Crippen LogP contribution in [0, 0.1) is 11.2 Å². The maximum Gasteiger partial charge on any atom is 0.146 e. The van der Waals surface area contributed by atoms with E-state index in [9.17, 15) is 9.50 Å². The number of nitrogens with zero attached hydrogens (tertiary/aromatic N) is 1. The average Bonchev–Trinajstić information content (AvgIpc) is 2.88. The van der Waals surface area contributed by atoms with E-state index >= 15 is 0 Å². The minimum atomic E-state index is -0.622. The van der Waals surface area contributed by atoms with Gasteiger partial charge in [-0.1, -0.05) is 25.0 Å². The summed E-state index contributed by atoms with van der Waals surface area (Å²) in [6.07, 6.45) is 7.13. The lowest BCUT2D eigenvalue weighted by Gasteiger charge is -2.41. The Morgan fingerprint density at radius 2 is 1.80 bits per heavy atom. The molecule has 0 aromatic heterocycles. The van der Waals surface area contributed by atoms with Gasteiger partial charge in [0.05, 0.1) is 11.8 Å². The van der Waals surface area contributed by atoms with Crippen LogP contribution in [0.15, 0.2) is 18.2 Å². The molecule has 1 aliphatic carbocycles. The van der Waals surface area contributed by atoms with Crippen molar-refractivity contribution in [3.05, 3.63) is 29.6 Å². The molecule has 1 heterocycles. The number of para-hydroxylation sites is 1. The summed E-state index contributed by atoms with van der Waals surface area (Å²) < 4.78 is 14.2. The molecule has 0 amide bonds. The Balaban J connectivity index is 1.81. The Morgan fingerprint density at radius 3 is 2.40 bits per heavy atom. The molecule has 1 N–H and O–H groups in total. The number of anilines is 1. The van der Waals surface area contributed by atoms with Gasteiger partial charge in [-0.3, -0.25) is 0 Å². The first kappa shape index (κ1) is 13.9. The summed E-state index contributed by atoms with van der Waals surface area (Å²) in [6.45, 7) is 3.54. The highest BCUT2D eigenvalue weighted by Gasteiger charge is 2.37. The van der Waals surface area contributed by atoms with E-state index in [1.54, 1.807) is 13.0 Å². The second kappa shape index (κ2) is 5.36. The minimum absolute atomic E-state index is 0.203. The van der Waals surface area contributed by atoms with Gasteiger partial charge in [-0.15, -0.1) is 0 Å². The van der Waals surface area contributed by atoms with Crippen LogP contribution in [0.3, 0.4) is 0 Å². The molecule has 1 aliphatic heterocycles. The Kier molecular flexibility index (Phi) is 3.72. The van der Waals surface area contributed by atoms with Crippen LogP contribution in [0.4, 0.5) is 10.1 Å². The molecule has 3 heteroatoms. The smallest absolute Gasteiger partial charge is 0.146 e. The van der Waals surface area contributed by atoms with Crippen LogP contribution in [0.1, 0.15) is 57.1 Å². The van der Waals surface area contributed by atoms with E-state index in [4.69, 9.17) is 0 Å². The van der Waals surface area contributed by atoms with Gasteiger partial charge >= 0.3 is 0 Å². The number of piperidine rings is 1. The molecule has 1 aromatic rings. The SMILES string of the molecule is C[C@H](O)c1cccc(F)c1N1CCC2(CCCC2)CC1. The van der Waals surface area contributed by atoms with E-state index in [0.717, 1.165) is 13.1 Å². The summed E-state index contributed by atoms with van der Waals surface area (Å²) in [5, 5.41) is 9.87. The second-order valence-electron chi connectivity index (χ2n) is 6.55. The normalized spacial score (nSPS) is 23.2. The van der Waals surface area contributed by atoms with Gasteiger partial charge in [-0.05, 0) is 44.1 Å². The quantitative estimate of drug-likeness (QED) is 0.882. The van der Waals surface area contributed by atoms with E-state index in [-0.39, 0.29) is 5.82 Å². The molecule has 1 atom stereocenters. The number of aliphatic hydroxyl groups is 1. The zero-order valence-corrected chi connectivity index (χ0v) is 12.2. The Morgan fingerprint density at radius 1 is 1.15 bits per heavy atom. The maximum atomic E-state index is 14.2.